The third-order valence-electron chi connectivity index (χ3n) is 6.57. The number of nitro benzene ring substituents is 1. The number of benzene rings is 2. The molecular weight excluding hydrogens is 462 g/mol. The number of fused-ring (bicyclic) bond motifs is 5. The van der Waals surface area contributed by atoms with Crippen molar-refractivity contribution in [3.8, 4) is 11.5 Å². The van der Waals surface area contributed by atoms with E-state index in [0.717, 1.165) is 11.4 Å². The first kappa shape index (κ1) is 22.1. The number of rotatable bonds is 7. The third kappa shape index (κ3) is 3.62. The number of amides is 2. The predicted molar refractivity (Wildman–Crippen MR) is 123 cm³/mol. The van der Waals surface area contributed by atoms with E-state index in [9.17, 15) is 19.7 Å². The van der Waals surface area contributed by atoms with Crippen LogP contribution in [0.2, 0.25) is 5.02 Å². The van der Waals surface area contributed by atoms with Crippen LogP contribution in [0.4, 0.5) is 5.69 Å². The van der Waals surface area contributed by atoms with E-state index in [4.69, 9.17) is 21.1 Å². The lowest BCUT2D eigenvalue weighted by Gasteiger charge is -2.13. The number of hydrazone groups is 1. The van der Waals surface area contributed by atoms with Crippen LogP contribution >= 0.6 is 11.6 Å². The van der Waals surface area contributed by atoms with Gasteiger partial charge in [-0.15, -0.1) is 0 Å². The van der Waals surface area contributed by atoms with Crippen molar-refractivity contribution in [2.75, 3.05) is 7.11 Å². The highest BCUT2D eigenvalue weighted by Gasteiger charge is 2.59. The van der Waals surface area contributed by atoms with Crippen molar-refractivity contribution in [3.05, 3.63) is 74.8 Å². The van der Waals surface area contributed by atoms with Gasteiger partial charge in [0, 0.05) is 22.2 Å². The second-order valence-corrected chi connectivity index (χ2v) is 8.85. The van der Waals surface area contributed by atoms with E-state index in [2.05, 4.69) is 5.10 Å². The van der Waals surface area contributed by atoms with Gasteiger partial charge in [0.2, 0.25) is 5.75 Å². The number of allylic oxidation sites excluding steroid dienone is 2. The molecule has 1 heterocycles. The fraction of sp³-hybridized carbons (Fsp3) is 0.292. The van der Waals surface area contributed by atoms with Gasteiger partial charge in [-0.25, -0.2) is 0 Å². The van der Waals surface area contributed by atoms with E-state index in [1.54, 1.807) is 24.3 Å². The highest BCUT2D eigenvalue weighted by atomic mass is 35.5. The van der Waals surface area contributed by atoms with Crippen LogP contribution in [-0.4, -0.2) is 35.1 Å². The Morgan fingerprint density at radius 3 is 2.47 bits per heavy atom. The average molecular weight is 482 g/mol. The summed E-state index contributed by atoms with van der Waals surface area (Å²) in [4.78, 5) is 36.8. The topological polar surface area (TPSA) is 111 Å². The smallest absolute Gasteiger partial charge is 0.315 e. The van der Waals surface area contributed by atoms with Crippen LogP contribution in [-0.2, 0) is 16.2 Å². The summed E-state index contributed by atoms with van der Waals surface area (Å²) in [5.41, 5.74) is 0.602. The molecule has 10 heteroatoms. The number of nitro groups is 1. The molecule has 0 spiro atoms. The Bertz CT molecular complexity index is 1230. The molecule has 2 aliphatic carbocycles. The van der Waals surface area contributed by atoms with Crippen molar-refractivity contribution in [2.24, 2.45) is 28.8 Å². The molecule has 2 aromatic carbocycles. The van der Waals surface area contributed by atoms with E-state index in [0.29, 0.717) is 10.6 Å². The minimum Gasteiger partial charge on any atom is -0.493 e. The number of ether oxygens (including phenoxy) is 2. The van der Waals surface area contributed by atoms with Gasteiger partial charge in [-0.2, -0.15) is 10.1 Å². The van der Waals surface area contributed by atoms with Crippen LogP contribution in [0.1, 0.15) is 17.5 Å². The van der Waals surface area contributed by atoms with Gasteiger partial charge < -0.3 is 9.47 Å². The number of carbonyl (C=O) groups excluding carboxylic acids is 2. The first-order chi connectivity index (χ1) is 16.4. The molecule has 2 aromatic rings. The lowest BCUT2D eigenvalue weighted by atomic mass is 9.85. The maximum atomic E-state index is 12.8. The summed E-state index contributed by atoms with van der Waals surface area (Å²) in [6.07, 6.45) is 6.07. The average Bonchev–Trinajstić information content (AvgIpc) is 3.51. The van der Waals surface area contributed by atoms with Crippen LogP contribution in [0.5, 0.6) is 11.5 Å². The molecule has 1 aliphatic heterocycles. The Morgan fingerprint density at radius 1 is 1.18 bits per heavy atom. The fourth-order valence-corrected chi connectivity index (χ4v) is 5.20. The fourth-order valence-electron chi connectivity index (χ4n) is 5.01. The van der Waals surface area contributed by atoms with Crippen LogP contribution in [0.25, 0.3) is 0 Å². The monoisotopic (exact) mass is 481 g/mol. The molecule has 2 bridgehead atoms. The van der Waals surface area contributed by atoms with Gasteiger partial charge in [0.1, 0.15) is 6.61 Å². The van der Waals surface area contributed by atoms with Crippen molar-refractivity contribution < 1.29 is 24.0 Å². The maximum Gasteiger partial charge on any atom is 0.315 e. The highest BCUT2D eigenvalue weighted by Crippen LogP contribution is 2.52. The number of hydrogen-bond donors (Lipinski definition) is 0. The van der Waals surface area contributed by atoms with Crippen molar-refractivity contribution in [2.45, 2.75) is 13.0 Å². The van der Waals surface area contributed by atoms with Crippen LogP contribution in [0.3, 0.4) is 0 Å². The third-order valence-corrected chi connectivity index (χ3v) is 6.94. The Hall–Kier alpha value is -3.72. The Morgan fingerprint density at radius 2 is 1.85 bits per heavy atom. The quantitative estimate of drug-likeness (QED) is 0.194. The van der Waals surface area contributed by atoms with Crippen LogP contribution < -0.4 is 9.47 Å². The van der Waals surface area contributed by atoms with E-state index in [-0.39, 0.29) is 64.8 Å². The summed E-state index contributed by atoms with van der Waals surface area (Å²) in [6, 6.07) is 9.76. The minimum absolute atomic E-state index is 0.000235. The number of halogens is 1. The Labute approximate surface area is 199 Å². The first-order valence-electron chi connectivity index (χ1n) is 10.7. The molecule has 2 amide bonds. The summed E-state index contributed by atoms with van der Waals surface area (Å²) in [7, 11) is 1.36. The van der Waals surface area contributed by atoms with E-state index < -0.39 is 4.92 Å². The standard InChI is InChI=1S/C24H20ClN3O6/c1-33-19-9-13(8-18(28(31)32)22(19)34-12-16-4-2-3-5-17(16)25)11-26-27-23(29)20-14-6-7-15(10-14)21(20)24(27)30/h2-9,11,14-15,20-21H,10,12H2,1H3/t14-,15-,20-,21+/m0/s1. The van der Waals surface area contributed by atoms with Crippen molar-refractivity contribution in [1.29, 1.82) is 0 Å². The van der Waals surface area contributed by atoms with Gasteiger partial charge in [-0.05, 0) is 30.4 Å². The zero-order valence-electron chi connectivity index (χ0n) is 18.1. The maximum absolute atomic E-state index is 12.8. The molecule has 174 valence electrons. The summed E-state index contributed by atoms with van der Waals surface area (Å²) < 4.78 is 11.0. The molecule has 9 nitrogen and oxygen atoms in total. The molecule has 0 unspecified atom stereocenters. The normalized spacial score (nSPS) is 24.8. The summed E-state index contributed by atoms with van der Waals surface area (Å²) in [5, 5.41) is 17.2. The molecule has 1 saturated carbocycles. The van der Waals surface area contributed by atoms with Gasteiger partial charge >= 0.3 is 5.69 Å². The van der Waals surface area contributed by atoms with E-state index >= 15 is 0 Å². The summed E-state index contributed by atoms with van der Waals surface area (Å²) >= 11 is 6.15. The molecule has 2 fully saturated rings. The van der Waals surface area contributed by atoms with Gasteiger partial charge in [0.05, 0.1) is 30.1 Å². The van der Waals surface area contributed by atoms with Crippen molar-refractivity contribution in [1.82, 2.24) is 5.01 Å². The molecule has 0 aromatic heterocycles. The van der Waals surface area contributed by atoms with Crippen LogP contribution in [0.15, 0.2) is 53.7 Å². The Balaban J connectivity index is 1.40. The number of methoxy groups -OCH3 is 1. The molecule has 5 rings (SSSR count). The number of imide groups is 1. The lowest BCUT2D eigenvalue weighted by molar-refractivity contribution is -0.386. The largest absolute Gasteiger partial charge is 0.493 e. The number of hydrogen-bond acceptors (Lipinski definition) is 7. The van der Waals surface area contributed by atoms with Crippen molar-refractivity contribution >= 4 is 35.3 Å². The molecule has 1 saturated heterocycles. The van der Waals surface area contributed by atoms with E-state index in [1.165, 1.54) is 25.5 Å². The van der Waals surface area contributed by atoms with Gasteiger partial charge in [0.25, 0.3) is 11.8 Å². The molecule has 4 atom stereocenters. The number of nitrogens with zero attached hydrogens (tertiary/aromatic N) is 3. The zero-order valence-corrected chi connectivity index (χ0v) is 18.8. The van der Waals surface area contributed by atoms with Crippen molar-refractivity contribution in [3.63, 3.8) is 0 Å². The molecule has 0 radical (unpaired) electrons. The minimum atomic E-state index is -0.596. The first-order valence-corrected chi connectivity index (χ1v) is 11.1. The summed E-state index contributed by atoms with van der Waals surface area (Å²) in [5.74, 6) is -1.21. The molecule has 0 N–H and O–H groups in total. The van der Waals surface area contributed by atoms with Gasteiger partial charge in [-0.3, -0.25) is 19.7 Å². The van der Waals surface area contributed by atoms with Crippen LogP contribution in [0, 0.1) is 33.8 Å². The Kier molecular flexibility index (Phi) is 5.57. The molecule has 34 heavy (non-hydrogen) atoms. The summed E-state index contributed by atoms with van der Waals surface area (Å²) in [6.45, 7) is 0.000235. The van der Waals surface area contributed by atoms with Gasteiger partial charge in [0.15, 0.2) is 5.75 Å². The predicted octanol–water partition coefficient (Wildman–Crippen LogP) is 3.98. The molecular formula is C24H20ClN3O6. The zero-order chi connectivity index (χ0) is 24.0. The SMILES string of the molecule is COc1cc(C=NN2C(=O)[C@@H]3[C@H](C2=O)[C@H]2C=C[C@H]3C2)cc([N+](=O)[O-])c1OCc1ccccc1Cl. The molecule has 3 aliphatic rings. The second kappa shape index (κ2) is 8.57. The second-order valence-electron chi connectivity index (χ2n) is 8.44. The van der Waals surface area contributed by atoms with Gasteiger partial charge in [-0.1, -0.05) is 42.0 Å². The van der Waals surface area contributed by atoms with E-state index in [1.807, 2.05) is 12.2 Å². The lowest BCUT2D eigenvalue weighted by Crippen LogP contribution is -2.28. The number of carbonyl (C=O) groups is 2. The highest BCUT2D eigenvalue weighted by molar-refractivity contribution is 6.31.